The molecule has 0 aliphatic carbocycles. The minimum absolute atomic E-state index is 0.0623. The van der Waals surface area contributed by atoms with Crippen LogP contribution in [0.5, 0.6) is 0 Å². The molecule has 0 aliphatic rings. The van der Waals surface area contributed by atoms with E-state index in [2.05, 4.69) is 4.98 Å². The van der Waals surface area contributed by atoms with E-state index >= 15 is 0 Å². The number of nitrogens with zero attached hydrogens (tertiary/aromatic N) is 1. The number of hydrogen-bond acceptors (Lipinski definition) is 1. The van der Waals surface area contributed by atoms with Gasteiger partial charge in [0.25, 0.3) is 6.43 Å². The van der Waals surface area contributed by atoms with Gasteiger partial charge in [0.1, 0.15) is 5.69 Å². The van der Waals surface area contributed by atoms with Gasteiger partial charge in [-0.25, -0.2) is 13.8 Å². The molecular weight excluding hydrogens is 226 g/mol. The first-order valence-electron chi connectivity index (χ1n) is 3.25. The van der Waals surface area contributed by atoms with Crippen molar-refractivity contribution in [1.82, 2.24) is 4.98 Å². The normalized spacial score (nSPS) is 10.9. The van der Waals surface area contributed by atoms with Gasteiger partial charge in [-0.05, 0) is 6.07 Å². The summed E-state index contributed by atoms with van der Waals surface area (Å²) in [6, 6.07) is 0.910. The third kappa shape index (κ3) is 2.25. The maximum absolute atomic E-state index is 12.9. The molecule has 1 aromatic heterocycles. The number of hydrogen-bond donors (Lipinski definition) is 0. The van der Waals surface area contributed by atoms with Gasteiger partial charge in [0, 0.05) is 5.56 Å². The first-order valence-corrected chi connectivity index (χ1v) is 4.16. The Morgan fingerprint density at radius 2 is 2.08 bits per heavy atom. The third-order valence-corrected chi connectivity index (χ3v) is 2.00. The Bertz CT molecular complexity index is 294. The van der Waals surface area contributed by atoms with Gasteiger partial charge in [-0.2, -0.15) is 4.39 Å². The van der Waals surface area contributed by atoms with Crippen molar-refractivity contribution in [3.8, 4) is 0 Å². The molecule has 0 spiro atoms. The summed E-state index contributed by atoms with van der Waals surface area (Å²) in [5.74, 6) is -1.24. The Kier molecular flexibility index (Phi) is 3.39. The van der Waals surface area contributed by atoms with Crippen LogP contribution in [0.3, 0.4) is 0 Å². The lowest BCUT2D eigenvalue weighted by molar-refractivity contribution is 0.144. The minimum Gasteiger partial charge on any atom is -0.218 e. The van der Waals surface area contributed by atoms with E-state index in [0.717, 1.165) is 6.07 Å². The van der Waals surface area contributed by atoms with Gasteiger partial charge < -0.3 is 0 Å². The highest BCUT2D eigenvalue weighted by Gasteiger charge is 2.15. The van der Waals surface area contributed by atoms with E-state index in [1.807, 2.05) is 0 Å². The molecule has 0 unspecified atom stereocenters. The van der Waals surface area contributed by atoms with Crippen LogP contribution in [0.15, 0.2) is 6.07 Å². The summed E-state index contributed by atoms with van der Waals surface area (Å²) >= 11 is 10.8. The fraction of sp³-hybridized carbons (Fsp3) is 0.286. The molecule has 0 amide bonds. The van der Waals surface area contributed by atoms with Crippen LogP contribution in [0.4, 0.5) is 13.2 Å². The Morgan fingerprint density at radius 3 is 2.46 bits per heavy atom. The van der Waals surface area contributed by atoms with Crippen molar-refractivity contribution in [1.29, 1.82) is 0 Å². The number of halogens is 5. The van der Waals surface area contributed by atoms with E-state index in [1.165, 1.54) is 0 Å². The van der Waals surface area contributed by atoms with E-state index in [9.17, 15) is 13.2 Å². The van der Waals surface area contributed by atoms with Gasteiger partial charge in [0.05, 0.1) is 10.9 Å². The highest BCUT2D eigenvalue weighted by atomic mass is 35.5. The molecule has 0 fully saturated rings. The second-order valence-electron chi connectivity index (χ2n) is 2.23. The van der Waals surface area contributed by atoms with Gasteiger partial charge in [0.15, 0.2) is 0 Å². The third-order valence-electron chi connectivity index (χ3n) is 1.40. The van der Waals surface area contributed by atoms with Crippen molar-refractivity contribution >= 4 is 23.2 Å². The average Bonchev–Trinajstić information content (AvgIpc) is 2.03. The molecule has 0 radical (unpaired) electrons. The Balaban J connectivity index is 3.20. The second kappa shape index (κ2) is 4.15. The summed E-state index contributed by atoms with van der Waals surface area (Å²) in [7, 11) is 0. The van der Waals surface area contributed by atoms with Crippen LogP contribution in [-0.2, 0) is 5.88 Å². The Hall–Kier alpha value is -0.480. The van der Waals surface area contributed by atoms with E-state index in [-0.39, 0.29) is 16.5 Å². The molecule has 1 heterocycles. The lowest BCUT2D eigenvalue weighted by Crippen LogP contribution is -1.98. The molecule has 0 atom stereocenters. The van der Waals surface area contributed by atoms with E-state index in [1.54, 1.807) is 0 Å². The molecule has 0 aromatic carbocycles. The van der Waals surface area contributed by atoms with Crippen molar-refractivity contribution in [2.24, 2.45) is 0 Å². The molecule has 0 saturated heterocycles. The van der Waals surface area contributed by atoms with Gasteiger partial charge in [0.2, 0.25) is 5.95 Å². The maximum atomic E-state index is 12.9. The molecule has 6 heteroatoms. The molecule has 0 N–H and O–H groups in total. The fourth-order valence-electron chi connectivity index (χ4n) is 0.759. The van der Waals surface area contributed by atoms with E-state index < -0.39 is 18.1 Å². The van der Waals surface area contributed by atoms with Crippen LogP contribution in [-0.4, -0.2) is 4.98 Å². The lowest BCUT2D eigenvalue weighted by Gasteiger charge is -2.04. The van der Waals surface area contributed by atoms with Crippen LogP contribution in [0.1, 0.15) is 17.7 Å². The number of pyridine rings is 1. The van der Waals surface area contributed by atoms with Crippen LogP contribution in [0, 0.1) is 5.95 Å². The number of alkyl halides is 3. The van der Waals surface area contributed by atoms with Crippen LogP contribution in [0.25, 0.3) is 0 Å². The minimum atomic E-state index is -2.84. The van der Waals surface area contributed by atoms with Gasteiger partial charge in [-0.3, -0.25) is 0 Å². The van der Waals surface area contributed by atoms with Crippen molar-refractivity contribution in [2.45, 2.75) is 12.3 Å². The smallest absolute Gasteiger partial charge is 0.218 e. The summed E-state index contributed by atoms with van der Waals surface area (Å²) in [6.07, 6.45) is -2.84. The summed E-state index contributed by atoms with van der Waals surface area (Å²) in [5.41, 5.74) is -0.746. The van der Waals surface area contributed by atoms with E-state index in [0.29, 0.717) is 0 Å². The first kappa shape index (κ1) is 10.6. The van der Waals surface area contributed by atoms with Gasteiger partial charge in [-0.15, -0.1) is 11.6 Å². The zero-order valence-corrected chi connectivity index (χ0v) is 7.71. The average molecular weight is 230 g/mol. The maximum Gasteiger partial charge on any atom is 0.280 e. The molecule has 0 aliphatic heterocycles. The molecule has 1 aromatic rings. The Labute approximate surface area is 82.5 Å². The van der Waals surface area contributed by atoms with E-state index in [4.69, 9.17) is 23.2 Å². The van der Waals surface area contributed by atoms with Crippen molar-refractivity contribution < 1.29 is 13.2 Å². The Morgan fingerprint density at radius 1 is 1.46 bits per heavy atom. The van der Waals surface area contributed by atoms with Crippen LogP contribution >= 0.6 is 23.2 Å². The SMILES string of the molecule is Fc1nc(C(F)F)cc(Cl)c1CCl. The summed E-state index contributed by atoms with van der Waals surface area (Å²) in [4.78, 5) is 3.02. The molecule has 1 nitrogen and oxygen atoms in total. The summed E-state index contributed by atoms with van der Waals surface area (Å²) in [5, 5.41) is -0.127. The van der Waals surface area contributed by atoms with Gasteiger partial charge in [-0.1, -0.05) is 11.6 Å². The monoisotopic (exact) mass is 229 g/mol. The quantitative estimate of drug-likeness (QED) is 0.559. The summed E-state index contributed by atoms with van der Waals surface area (Å²) < 4.78 is 36.9. The number of aromatic nitrogens is 1. The standard InChI is InChI=1S/C7H4Cl2F3N/c8-2-3-4(9)1-5(6(10)11)13-7(3)12/h1,6H,2H2. The van der Waals surface area contributed by atoms with Crippen molar-refractivity contribution in [2.75, 3.05) is 0 Å². The predicted octanol–water partition coefficient (Wildman–Crippen LogP) is 3.55. The van der Waals surface area contributed by atoms with Crippen molar-refractivity contribution in [3.63, 3.8) is 0 Å². The van der Waals surface area contributed by atoms with Gasteiger partial charge >= 0.3 is 0 Å². The first-order chi connectivity index (χ1) is 6.06. The largest absolute Gasteiger partial charge is 0.280 e. The zero-order chi connectivity index (χ0) is 10.0. The highest BCUT2D eigenvalue weighted by molar-refractivity contribution is 6.32. The molecule has 1 rings (SSSR count). The summed E-state index contributed by atoms with van der Waals surface area (Å²) in [6.45, 7) is 0. The molecule has 72 valence electrons. The topological polar surface area (TPSA) is 12.9 Å². The molecule has 0 saturated carbocycles. The molecule has 13 heavy (non-hydrogen) atoms. The zero-order valence-electron chi connectivity index (χ0n) is 6.20. The lowest BCUT2D eigenvalue weighted by atomic mass is 10.2. The van der Waals surface area contributed by atoms with Crippen LogP contribution < -0.4 is 0 Å². The highest BCUT2D eigenvalue weighted by Crippen LogP contribution is 2.25. The molecule has 0 bridgehead atoms. The predicted molar refractivity (Wildman–Crippen MR) is 43.7 cm³/mol. The van der Waals surface area contributed by atoms with Crippen LogP contribution in [0.2, 0.25) is 5.02 Å². The molecular formula is C7H4Cl2F3N. The fourth-order valence-corrected chi connectivity index (χ4v) is 1.34. The number of rotatable bonds is 2. The van der Waals surface area contributed by atoms with Crippen molar-refractivity contribution in [3.05, 3.63) is 28.3 Å². The second-order valence-corrected chi connectivity index (χ2v) is 2.91.